The van der Waals surface area contributed by atoms with Crippen molar-refractivity contribution in [3.8, 4) is 6.01 Å². The summed E-state index contributed by atoms with van der Waals surface area (Å²) in [6.07, 6.45) is 4.03. The Morgan fingerprint density at radius 1 is 1.10 bits per heavy atom. The summed E-state index contributed by atoms with van der Waals surface area (Å²) in [5.41, 5.74) is 0. The molecule has 7 heteroatoms. The Morgan fingerprint density at radius 3 is 2.40 bits per heavy atom. The van der Waals surface area contributed by atoms with Crippen LogP contribution in [0.4, 0.5) is 11.9 Å². The largest absolute Gasteiger partial charge is 0.463 e. The summed E-state index contributed by atoms with van der Waals surface area (Å²) in [4.78, 5) is 12.9. The van der Waals surface area contributed by atoms with E-state index >= 15 is 0 Å². The molecule has 0 saturated heterocycles. The molecule has 0 radical (unpaired) electrons. The highest BCUT2D eigenvalue weighted by atomic mass is 32.2. The Kier molecular flexibility index (Phi) is 8.10. The highest BCUT2D eigenvalue weighted by Crippen LogP contribution is 2.13. The van der Waals surface area contributed by atoms with Crippen LogP contribution in [0.25, 0.3) is 0 Å². The zero-order valence-electron chi connectivity index (χ0n) is 12.8. The summed E-state index contributed by atoms with van der Waals surface area (Å²) in [5, 5.41) is 6.89. The molecule has 0 aliphatic carbocycles. The van der Waals surface area contributed by atoms with Gasteiger partial charge in [0.05, 0.1) is 6.61 Å². The molecule has 0 saturated carbocycles. The maximum absolute atomic E-state index is 5.50. The van der Waals surface area contributed by atoms with Crippen LogP contribution < -0.4 is 15.4 Å². The molecule has 1 heterocycles. The first-order valence-corrected chi connectivity index (χ1v) is 8.37. The van der Waals surface area contributed by atoms with Gasteiger partial charge < -0.3 is 15.4 Å². The first kappa shape index (κ1) is 16.8. The Hall–Kier alpha value is -1.24. The fraction of sp³-hybridized carbons (Fsp3) is 0.769. The average Bonchev–Trinajstić information content (AvgIpc) is 2.48. The zero-order valence-corrected chi connectivity index (χ0v) is 13.6. The Labute approximate surface area is 125 Å². The van der Waals surface area contributed by atoms with Gasteiger partial charge in [-0.05, 0) is 19.1 Å². The topological polar surface area (TPSA) is 72.0 Å². The van der Waals surface area contributed by atoms with Crippen molar-refractivity contribution in [2.75, 3.05) is 36.6 Å². The second-order valence-corrected chi connectivity index (χ2v) is 5.74. The molecule has 0 aliphatic rings. The van der Waals surface area contributed by atoms with Crippen LogP contribution in [0.15, 0.2) is 0 Å². The summed E-state index contributed by atoms with van der Waals surface area (Å²) in [6.45, 7) is 8.56. The Balaban J connectivity index is 2.73. The molecule has 1 rings (SSSR count). The highest BCUT2D eigenvalue weighted by Gasteiger charge is 2.08. The summed E-state index contributed by atoms with van der Waals surface area (Å²) in [6, 6.07) is 0.375. The second kappa shape index (κ2) is 9.63. The smallest absolute Gasteiger partial charge is 0.323 e. The molecule has 0 fully saturated rings. The van der Waals surface area contributed by atoms with Crippen molar-refractivity contribution < 1.29 is 4.74 Å². The van der Waals surface area contributed by atoms with E-state index in [4.69, 9.17) is 4.74 Å². The van der Waals surface area contributed by atoms with E-state index in [0.717, 1.165) is 25.9 Å². The minimum absolute atomic E-state index is 0.375. The molecule has 0 bridgehead atoms. The predicted octanol–water partition coefficient (Wildman–Crippen LogP) is 2.65. The molecule has 1 aromatic rings. The standard InChI is InChI=1S/C13H25N5OS/c1-5-7-14-11-16-12(15-9-10(3)20-4)18-13(17-11)19-8-6-2/h10H,5-9H2,1-4H3,(H2,14,15,16,17,18). The van der Waals surface area contributed by atoms with Crippen LogP contribution in [0.3, 0.4) is 0 Å². The van der Waals surface area contributed by atoms with E-state index in [1.54, 1.807) is 11.8 Å². The van der Waals surface area contributed by atoms with E-state index in [9.17, 15) is 0 Å². The lowest BCUT2D eigenvalue weighted by atomic mass is 10.5. The molecule has 0 amide bonds. The lowest BCUT2D eigenvalue weighted by molar-refractivity contribution is 0.292. The Morgan fingerprint density at radius 2 is 1.80 bits per heavy atom. The second-order valence-electron chi connectivity index (χ2n) is 4.47. The molecule has 1 atom stereocenters. The number of nitrogens with one attached hydrogen (secondary N) is 2. The molecule has 1 unspecified atom stereocenters. The number of hydrogen-bond acceptors (Lipinski definition) is 7. The number of aromatic nitrogens is 3. The number of ether oxygens (including phenoxy) is 1. The highest BCUT2D eigenvalue weighted by molar-refractivity contribution is 7.99. The van der Waals surface area contributed by atoms with Crippen LogP contribution in [-0.4, -0.2) is 46.2 Å². The monoisotopic (exact) mass is 299 g/mol. The summed E-state index contributed by atoms with van der Waals surface area (Å²) >= 11 is 1.80. The number of nitrogens with zero attached hydrogens (tertiary/aromatic N) is 3. The van der Waals surface area contributed by atoms with Crippen molar-refractivity contribution >= 4 is 23.7 Å². The average molecular weight is 299 g/mol. The number of rotatable bonds is 10. The third kappa shape index (κ3) is 6.27. The van der Waals surface area contributed by atoms with Crippen LogP contribution in [-0.2, 0) is 0 Å². The minimum Gasteiger partial charge on any atom is -0.463 e. The molecule has 2 N–H and O–H groups in total. The summed E-state index contributed by atoms with van der Waals surface area (Å²) < 4.78 is 5.50. The van der Waals surface area contributed by atoms with Crippen molar-refractivity contribution in [3.63, 3.8) is 0 Å². The van der Waals surface area contributed by atoms with E-state index in [-0.39, 0.29) is 0 Å². The van der Waals surface area contributed by atoms with E-state index in [0.29, 0.717) is 29.8 Å². The molecule has 0 aromatic carbocycles. The van der Waals surface area contributed by atoms with Crippen LogP contribution in [0.5, 0.6) is 6.01 Å². The third-order valence-electron chi connectivity index (χ3n) is 2.53. The van der Waals surface area contributed by atoms with Gasteiger partial charge in [0.1, 0.15) is 0 Å². The molecule has 1 aromatic heterocycles. The van der Waals surface area contributed by atoms with Crippen LogP contribution in [0.2, 0.25) is 0 Å². The van der Waals surface area contributed by atoms with Gasteiger partial charge in [0, 0.05) is 18.3 Å². The van der Waals surface area contributed by atoms with Crippen molar-refractivity contribution in [2.24, 2.45) is 0 Å². The van der Waals surface area contributed by atoms with Gasteiger partial charge in [0.15, 0.2) is 0 Å². The molecule has 6 nitrogen and oxygen atoms in total. The van der Waals surface area contributed by atoms with E-state index < -0.39 is 0 Å². The molecule has 114 valence electrons. The van der Waals surface area contributed by atoms with Gasteiger partial charge in [-0.2, -0.15) is 26.7 Å². The van der Waals surface area contributed by atoms with Crippen molar-refractivity contribution in [1.82, 2.24) is 15.0 Å². The fourth-order valence-corrected chi connectivity index (χ4v) is 1.58. The molecule has 0 aliphatic heterocycles. The molecular weight excluding hydrogens is 274 g/mol. The van der Waals surface area contributed by atoms with E-state index in [1.165, 1.54) is 0 Å². The van der Waals surface area contributed by atoms with Gasteiger partial charge >= 0.3 is 6.01 Å². The Bertz CT molecular complexity index is 365. The maximum Gasteiger partial charge on any atom is 0.323 e. The van der Waals surface area contributed by atoms with Crippen LogP contribution >= 0.6 is 11.8 Å². The van der Waals surface area contributed by atoms with Crippen LogP contribution in [0.1, 0.15) is 33.6 Å². The first-order chi connectivity index (χ1) is 9.69. The number of hydrogen-bond donors (Lipinski definition) is 2. The summed E-state index contributed by atoms with van der Waals surface area (Å²) in [5.74, 6) is 1.12. The maximum atomic E-state index is 5.50. The SMILES string of the molecule is CCCNc1nc(NCC(C)SC)nc(OCCC)n1. The number of thioether (sulfide) groups is 1. The van der Waals surface area contributed by atoms with Gasteiger partial charge in [-0.1, -0.05) is 20.8 Å². The predicted molar refractivity (Wildman–Crippen MR) is 85.9 cm³/mol. The zero-order chi connectivity index (χ0) is 14.8. The van der Waals surface area contributed by atoms with E-state index in [1.807, 2.05) is 0 Å². The molecule has 20 heavy (non-hydrogen) atoms. The third-order valence-corrected chi connectivity index (χ3v) is 3.50. The normalized spacial score (nSPS) is 12.0. The fourth-order valence-electron chi connectivity index (χ4n) is 1.33. The van der Waals surface area contributed by atoms with Crippen molar-refractivity contribution in [2.45, 2.75) is 38.9 Å². The van der Waals surface area contributed by atoms with Gasteiger partial charge in [-0.3, -0.25) is 0 Å². The minimum atomic E-state index is 0.375. The first-order valence-electron chi connectivity index (χ1n) is 7.09. The lowest BCUT2D eigenvalue weighted by Crippen LogP contribution is -2.16. The van der Waals surface area contributed by atoms with Crippen molar-refractivity contribution in [3.05, 3.63) is 0 Å². The molecule has 0 spiro atoms. The summed E-state index contributed by atoms with van der Waals surface area (Å²) in [7, 11) is 0. The van der Waals surface area contributed by atoms with E-state index in [2.05, 4.69) is 52.6 Å². The van der Waals surface area contributed by atoms with Gasteiger partial charge in [-0.25, -0.2) is 0 Å². The van der Waals surface area contributed by atoms with Crippen LogP contribution in [0, 0.1) is 0 Å². The van der Waals surface area contributed by atoms with Gasteiger partial charge in [0.2, 0.25) is 11.9 Å². The lowest BCUT2D eigenvalue weighted by Gasteiger charge is -2.12. The van der Waals surface area contributed by atoms with Crippen molar-refractivity contribution in [1.29, 1.82) is 0 Å². The number of anilines is 2. The molecular formula is C13H25N5OS. The quantitative estimate of drug-likeness (QED) is 0.688. The van der Waals surface area contributed by atoms with Gasteiger partial charge in [-0.15, -0.1) is 0 Å². The van der Waals surface area contributed by atoms with Gasteiger partial charge in [0.25, 0.3) is 0 Å².